The molecule has 1 aromatic carbocycles. The molecule has 3 saturated heterocycles. The number of nitro groups is 1. The molecule has 0 radical (unpaired) electrons. The van der Waals surface area contributed by atoms with E-state index in [0.717, 1.165) is 48.8 Å². The van der Waals surface area contributed by atoms with Crippen LogP contribution in [-0.4, -0.2) is 59.8 Å². The summed E-state index contributed by atoms with van der Waals surface area (Å²) in [5.74, 6) is 0.0613. The van der Waals surface area contributed by atoms with E-state index < -0.39 is 22.3 Å². The molecule has 39 heavy (non-hydrogen) atoms. The van der Waals surface area contributed by atoms with Crippen molar-refractivity contribution in [1.29, 1.82) is 0 Å². The first-order valence-electron chi connectivity index (χ1n) is 13.6. The van der Waals surface area contributed by atoms with Gasteiger partial charge in [0.25, 0.3) is 0 Å². The summed E-state index contributed by atoms with van der Waals surface area (Å²) in [5, 5.41) is 13.2. The smallest absolute Gasteiger partial charge is 0.363 e. The maximum Gasteiger partial charge on any atom is 0.363 e. The summed E-state index contributed by atoms with van der Waals surface area (Å²) in [5.41, 5.74) is 2.83. The predicted octanol–water partition coefficient (Wildman–Crippen LogP) is 3.02. The summed E-state index contributed by atoms with van der Waals surface area (Å²) in [6.45, 7) is 11.4. The zero-order valence-electron chi connectivity index (χ0n) is 22.7. The number of hydrogen-bond acceptors (Lipinski definition) is 8. The fourth-order valence-electron chi connectivity index (χ4n) is 6.09. The maximum absolute atomic E-state index is 13.5. The van der Waals surface area contributed by atoms with Gasteiger partial charge in [-0.1, -0.05) is 19.9 Å². The van der Waals surface area contributed by atoms with Gasteiger partial charge in [-0.15, -0.1) is 0 Å². The molecular formula is C28H34N6O5. The fourth-order valence-corrected chi connectivity index (χ4v) is 6.09. The van der Waals surface area contributed by atoms with Gasteiger partial charge in [0, 0.05) is 61.8 Å². The Morgan fingerprint density at radius 3 is 2.21 bits per heavy atom. The zero-order valence-corrected chi connectivity index (χ0v) is 22.7. The number of nitrogens with one attached hydrogen (secondary N) is 1. The Balaban J connectivity index is 0.00000151. The minimum atomic E-state index is -0.783. The monoisotopic (exact) mass is 534 g/mol. The Morgan fingerprint density at radius 1 is 0.974 bits per heavy atom. The number of pyridine rings is 1. The molecule has 3 fully saturated rings. The molecule has 0 spiro atoms. The number of imide groups is 1. The van der Waals surface area contributed by atoms with Gasteiger partial charge < -0.3 is 19.9 Å². The van der Waals surface area contributed by atoms with Crippen LogP contribution in [0.2, 0.25) is 0 Å². The lowest BCUT2D eigenvalue weighted by molar-refractivity contribution is -0.389. The van der Waals surface area contributed by atoms with Crippen LogP contribution in [0.25, 0.3) is 0 Å². The number of fused-ring (bicyclic) bond motifs is 1. The lowest BCUT2D eigenvalue weighted by atomic mass is 9.78. The summed E-state index contributed by atoms with van der Waals surface area (Å²) in [6.07, 6.45) is 2.10. The van der Waals surface area contributed by atoms with E-state index in [1.54, 1.807) is 17.2 Å². The molecule has 1 atom stereocenters. The third-order valence-corrected chi connectivity index (χ3v) is 8.29. The number of amides is 3. The molecule has 0 saturated carbocycles. The number of carbonyl (C=O) groups excluding carboxylic acids is 3. The highest BCUT2D eigenvalue weighted by Gasteiger charge is 2.51. The number of aromatic nitrogens is 1. The molecule has 206 valence electrons. The molecule has 0 aliphatic carbocycles. The Bertz CT molecular complexity index is 1310. The summed E-state index contributed by atoms with van der Waals surface area (Å²) < 4.78 is 0. The molecule has 11 heteroatoms. The van der Waals surface area contributed by atoms with Crippen molar-refractivity contribution >= 4 is 40.6 Å². The van der Waals surface area contributed by atoms with Crippen molar-refractivity contribution in [2.45, 2.75) is 52.0 Å². The molecule has 3 amide bonds. The van der Waals surface area contributed by atoms with Crippen LogP contribution in [0.4, 0.5) is 22.9 Å². The summed E-state index contributed by atoms with van der Waals surface area (Å²) in [6, 6.07) is 8.38. The molecule has 0 bridgehead atoms. The fraction of sp³-hybridized carbons (Fsp3) is 0.500. The average molecular weight is 535 g/mol. The maximum atomic E-state index is 13.5. The van der Waals surface area contributed by atoms with Gasteiger partial charge in [0.15, 0.2) is 6.20 Å². The van der Waals surface area contributed by atoms with E-state index in [-0.39, 0.29) is 24.1 Å². The topological polar surface area (TPSA) is 129 Å². The van der Waals surface area contributed by atoms with E-state index in [2.05, 4.69) is 20.1 Å². The SMILES string of the molecule is CC.CC1(C)C(=O)N(C2CCC(=O)NC2=O)c2cccc(N3CC(C4CN(c5ccc([N+](=O)[O-])nc5)C4)C3)c21. The molecule has 5 heterocycles. The standard InChI is InChI=1S/C26H28N6O5.C2H6/c1-26(2)23-18(4-3-5-19(23)31(25(26)35)20-7-9-22(33)28-24(20)34)30-13-16(14-30)15-11-29(12-15)17-6-8-21(27-10-17)32(36)37;1-2/h3-6,8,10,15-16,20H,7,9,11-14H2,1-2H3,(H,28,33,34);1-2H3. The first kappa shape index (κ1) is 26.6. The van der Waals surface area contributed by atoms with Crippen LogP contribution < -0.4 is 20.0 Å². The quantitative estimate of drug-likeness (QED) is 0.352. The Labute approximate surface area is 227 Å². The molecular weight excluding hydrogens is 500 g/mol. The third kappa shape index (κ3) is 4.39. The number of benzene rings is 1. The highest BCUT2D eigenvalue weighted by molar-refractivity contribution is 6.14. The number of hydrogen-bond donors (Lipinski definition) is 1. The van der Waals surface area contributed by atoms with Crippen molar-refractivity contribution in [3.63, 3.8) is 0 Å². The number of carbonyl (C=O) groups is 3. The van der Waals surface area contributed by atoms with E-state index in [1.165, 1.54) is 6.07 Å². The molecule has 6 rings (SSSR count). The van der Waals surface area contributed by atoms with Crippen LogP contribution in [0.1, 0.15) is 46.1 Å². The zero-order chi connectivity index (χ0) is 28.1. The Hall–Kier alpha value is -4.02. The second-order valence-electron chi connectivity index (χ2n) is 10.9. The first-order chi connectivity index (χ1) is 18.6. The molecule has 2 aromatic rings. The molecule has 11 nitrogen and oxygen atoms in total. The van der Waals surface area contributed by atoms with Crippen molar-refractivity contribution in [2.24, 2.45) is 11.8 Å². The van der Waals surface area contributed by atoms with Gasteiger partial charge in [0.05, 0.1) is 16.8 Å². The van der Waals surface area contributed by atoms with Gasteiger partial charge in [-0.25, -0.2) is 0 Å². The summed E-state index contributed by atoms with van der Waals surface area (Å²) >= 11 is 0. The second kappa shape index (κ2) is 9.94. The molecule has 1 N–H and O–H groups in total. The van der Waals surface area contributed by atoms with Crippen molar-refractivity contribution in [3.8, 4) is 0 Å². The van der Waals surface area contributed by atoms with Gasteiger partial charge in [-0.05, 0) is 48.4 Å². The van der Waals surface area contributed by atoms with E-state index in [1.807, 2.05) is 45.9 Å². The van der Waals surface area contributed by atoms with E-state index in [4.69, 9.17) is 0 Å². The van der Waals surface area contributed by atoms with Gasteiger partial charge >= 0.3 is 5.82 Å². The molecule has 1 unspecified atom stereocenters. The summed E-state index contributed by atoms with van der Waals surface area (Å²) in [4.78, 5) is 58.1. The van der Waals surface area contributed by atoms with Crippen LogP contribution in [-0.2, 0) is 19.8 Å². The first-order valence-corrected chi connectivity index (χ1v) is 13.6. The van der Waals surface area contributed by atoms with E-state index in [0.29, 0.717) is 18.3 Å². The van der Waals surface area contributed by atoms with Gasteiger partial charge in [0.2, 0.25) is 17.7 Å². The van der Waals surface area contributed by atoms with Gasteiger partial charge in [0.1, 0.15) is 6.04 Å². The minimum Gasteiger partial charge on any atom is -0.371 e. The van der Waals surface area contributed by atoms with Crippen LogP contribution in [0.15, 0.2) is 36.5 Å². The van der Waals surface area contributed by atoms with Gasteiger partial charge in [-0.3, -0.25) is 24.6 Å². The van der Waals surface area contributed by atoms with Crippen molar-refractivity contribution < 1.29 is 19.3 Å². The number of anilines is 3. The Morgan fingerprint density at radius 2 is 1.62 bits per heavy atom. The largest absolute Gasteiger partial charge is 0.371 e. The molecule has 1 aromatic heterocycles. The average Bonchev–Trinajstić information content (AvgIpc) is 3.07. The number of piperidine rings is 1. The molecule has 4 aliphatic heterocycles. The Kier molecular flexibility index (Phi) is 6.77. The van der Waals surface area contributed by atoms with Crippen LogP contribution in [0.3, 0.4) is 0 Å². The molecule has 4 aliphatic rings. The van der Waals surface area contributed by atoms with Gasteiger partial charge in [-0.2, -0.15) is 0 Å². The van der Waals surface area contributed by atoms with Crippen molar-refractivity contribution in [1.82, 2.24) is 10.3 Å². The highest BCUT2D eigenvalue weighted by atomic mass is 16.6. The van der Waals surface area contributed by atoms with E-state index in [9.17, 15) is 24.5 Å². The summed E-state index contributed by atoms with van der Waals surface area (Å²) in [7, 11) is 0. The lowest BCUT2D eigenvalue weighted by Crippen LogP contribution is -2.60. The lowest BCUT2D eigenvalue weighted by Gasteiger charge is -2.52. The van der Waals surface area contributed by atoms with Crippen molar-refractivity contribution in [3.05, 3.63) is 52.2 Å². The predicted molar refractivity (Wildman–Crippen MR) is 147 cm³/mol. The van der Waals surface area contributed by atoms with Crippen molar-refractivity contribution in [2.75, 3.05) is 40.9 Å². The van der Waals surface area contributed by atoms with Crippen LogP contribution in [0.5, 0.6) is 0 Å². The van der Waals surface area contributed by atoms with Crippen LogP contribution in [0, 0.1) is 22.0 Å². The normalized spacial score (nSPS) is 22.4. The number of nitrogens with zero attached hydrogens (tertiary/aromatic N) is 5. The van der Waals surface area contributed by atoms with E-state index >= 15 is 0 Å². The highest BCUT2D eigenvalue weighted by Crippen LogP contribution is 2.49. The van der Waals surface area contributed by atoms with Crippen LogP contribution >= 0.6 is 0 Å². The number of rotatable bonds is 5. The third-order valence-electron chi connectivity index (χ3n) is 8.29. The minimum absolute atomic E-state index is 0.118. The second-order valence-corrected chi connectivity index (χ2v) is 10.9.